The van der Waals surface area contributed by atoms with Crippen LogP contribution in [0, 0.1) is 0 Å². The zero-order chi connectivity index (χ0) is 18.1. The monoisotopic (exact) mass is 340 g/mol. The van der Waals surface area contributed by atoms with Gasteiger partial charge in [0.2, 0.25) is 5.91 Å². The van der Waals surface area contributed by atoms with Gasteiger partial charge in [-0.1, -0.05) is 30.3 Å². The average molecular weight is 340 g/mol. The Morgan fingerprint density at radius 2 is 1.72 bits per heavy atom. The molecule has 1 amide bonds. The summed E-state index contributed by atoms with van der Waals surface area (Å²) >= 11 is 0. The van der Waals surface area contributed by atoms with Gasteiger partial charge in [0.25, 0.3) is 0 Å². The quantitative estimate of drug-likeness (QED) is 0.699. The lowest BCUT2D eigenvalue weighted by molar-refractivity contribution is -0.119. The molecule has 2 rings (SSSR count). The molecule has 0 radical (unpaired) electrons. The van der Waals surface area contributed by atoms with E-state index >= 15 is 0 Å². The fourth-order valence-corrected chi connectivity index (χ4v) is 2.85. The van der Waals surface area contributed by atoms with E-state index < -0.39 is 0 Å². The van der Waals surface area contributed by atoms with Gasteiger partial charge >= 0.3 is 0 Å². The van der Waals surface area contributed by atoms with Crippen LogP contribution >= 0.6 is 0 Å². The highest BCUT2D eigenvalue weighted by molar-refractivity contribution is 5.94. The van der Waals surface area contributed by atoms with Crippen LogP contribution < -0.4 is 9.64 Å². The number of rotatable bonds is 9. The van der Waals surface area contributed by atoms with Crippen molar-refractivity contribution in [1.29, 1.82) is 0 Å². The van der Waals surface area contributed by atoms with Gasteiger partial charge in [0.05, 0.1) is 13.7 Å². The van der Waals surface area contributed by atoms with Gasteiger partial charge in [-0.3, -0.25) is 9.69 Å². The number of nitrogens with zero attached hydrogens (tertiary/aromatic N) is 2. The number of carbonyl (C=O) groups is 1. The number of carbonyl (C=O) groups excluding carboxylic acids is 1. The molecular weight excluding hydrogens is 312 g/mol. The molecule has 0 unspecified atom stereocenters. The number of benzene rings is 2. The first-order valence-corrected chi connectivity index (χ1v) is 8.81. The number of aryl methyl sites for hydroxylation is 1. The van der Waals surface area contributed by atoms with Crippen LogP contribution in [0.15, 0.2) is 54.6 Å². The average Bonchev–Trinajstić information content (AvgIpc) is 2.64. The molecule has 0 aromatic heterocycles. The van der Waals surface area contributed by atoms with Crippen molar-refractivity contribution < 1.29 is 9.53 Å². The molecule has 0 bridgehead atoms. The third-order valence-corrected chi connectivity index (χ3v) is 4.25. The predicted molar refractivity (Wildman–Crippen MR) is 103 cm³/mol. The van der Waals surface area contributed by atoms with Gasteiger partial charge in [-0.2, -0.15) is 0 Å². The summed E-state index contributed by atoms with van der Waals surface area (Å²) in [6, 6.07) is 18.0. The Morgan fingerprint density at radius 1 is 1.04 bits per heavy atom. The summed E-state index contributed by atoms with van der Waals surface area (Å²) in [7, 11) is 3.68. The van der Waals surface area contributed by atoms with E-state index in [0.29, 0.717) is 13.1 Å². The summed E-state index contributed by atoms with van der Waals surface area (Å²) in [5, 5.41) is 0. The number of likely N-dealkylation sites (N-methyl/N-ethyl adjacent to an activating group) is 2. The third-order valence-electron chi connectivity index (χ3n) is 4.25. The van der Waals surface area contributed by atoms with Crippen LogP contribution in [-0.2, 0) is 11.2 Å². The van der Waals surface area contributed by atoms with Gasteiger partial charge in [0.15, 0.2) is 0 Å². The highest BCUT2D eigenvalue weighted by Gasteiger charge is 2.15. The number of ether oxygens (including phenoxy) is 1. The standard InChI is InChI=1S/C21H28N2O2/c1-4-23(19-10-6-5-7-11-19)21(24)17-22(2)16-8-9-18-12-14-20(25-3)15-13-18/h5-7,10-15H,4,8-9,16-17H2,1-3H3. The fourth-order valence-electron chi connectivity index (χ4n) is 2.85. The minimum atomic E-state index is 0.139. The minimum Gasteiger partial charge on any atom is -0.497 e. The molecule has 0 N–H and O–H groups in total. The van der Waals surface area contributed by atoms with Crippen molar-refractivity contribution in [2.45, 2.75) is 19.8 Å². The number of hydrogen-bond acceptors (Lipinski definition) is 3. The van der Waals surface area contributed by atoms with Crippen molar-refractivity contribution in [3.8, 4) is 5.75 Å². The first-order chi connectivity index (χ1) is 12.1. The summed E-state index contributed by atoms with van der Waals surface area (Å²) in [6.07, 6.45) is 2.02. The Morgan fingerprint density at radius 3 is 2.32 bits per heavy atom. The molecule has 0 atom stereocenters. The second kappa shape index (κ2) is 9.84. The number of para-hydroxylation sites is 1. The van der Waals surface area contributed by atoms with Gasteiger partial charge in [-0.05, 0) is 63.2 Å². The van der Waals surface area contributed by atoms with E-state index in [9.17, 15) is 4.79 Å². The van der Waals surface area contributed by atoms with Crippen LogP contribution in [0.4, 0.5) is 5.69 Å². The Balaban J connectivity index is 1.78. The minimum absolute atomic E-state index is 0.139. The van der Waals surface area contributed by atoms with E-state index in [1.807, 2.05) is 61.3 Å². The van der Waals surface area contributed by atoms with Gasteiger partial charge in [0, 0.05) is 12.2 Å². The van der Waals surface area contributed by atoms with Gasteiger partial charge in [-0.15, -0.1) is 0 Å². The highest BCUT2D eigenvalue weighted by atomic mass is 16.5. The summed E-state index contributed by atoms with van der Waals surface area (Å²) in [5.74, 6) is 1.02. The lowest BCUT2D eigenvalue weighted by Gasteiger charge is -2.24. The number of amides is 1. The third kappa shape index (κ3) is 5.91. The Hall–Kier alpha value is -2.33. The van der Waals surface area contributed by atoms with E-state index in [0.717, 1.165) is 30.8 Å². The molecule has 0 saturated carbocycles. The van der Waals surface area contributed by atoms with Crippen molar-refractivity contribution in [2.75, 3.05) is 38.7 Å². The molecule has 0 aliphatic heterocycles. The smallest absolute Gasteiger partial charge is 0.241 e. The molecule has 0 fully saturated rings. The molecule has 25 heavy (non-hydrogen) atoms. The fraction of sp³-hybridized carbons (Fsp3) is 0.381. The lowest BCUT2D eigenvalue weighted by Crippen LogP contribution is -2.39. The lowest BCUT2D eigenvalue weighted by atomic mass is 10.1. The number of hydrogen-bond donors (Lipinski definition) is 0. The normalized spacial score (nSPS) is 10.7. The van der Waals surface area contributed by atoms with E-state index in [4.69, 9.17) is 4.74 Å². The van der Waals surface area contributed by atoms with Gasteiger partial charge in [-0.25, -0.2) is 0 Å². The molecule has 0 aliphatic carbocycles. The number of methoxy groups -OCH3 is 1. The molecule has 0 saturated heterocycles. The second-order valence-corrected chi connectivity index (χ2v) is 6.16. The van der Waals surface area contributed by atoms with E-state index in [1.165, 1.54) is 5.56 Å². The molecular formula is C21H28N2O2. The SMILES string of the molecule is CCN(C(=O)CN(C)CCCc1ccc(OC)cc1)c1ccccc1. The topological polar surface area (TPSA) is 32.8 Å². The predicted octanol–water partition coefficient (Wildman–Crippen LogP) is 3.61. The van der Waals surface area contributed by atoms with Crippen LogP contribution in [0.2, 0.25) is 0 Å². The summed E-state index contributed by atoms with van der Waals surface area (Å²) < 4.78 is 5.17. The molecule has 134 valence electrons. The van der Waals surface area contributed by atoms with Gasteiger partial charge in [0.1, 0.15) is 5.75 Å². The van der Waals surface area contributed by atoms with E-state index in [2.05, 4.69) is 17.0 Å². The zero-order valence-corrected chi connectivity index (χ0v) is 15.4. The largest absolute Gasteiger partial charge is 0.497 e. The van der Waals surface area contributed by atoms with E-state index in [-0.39, 0.29) is 5.91 Å². The first-order valence-electron chi connectivity index (χ1n) is 8.81. The summed E-state index contributed by atoms with van der Waals surface area (Å²) in [6.45, 7) is 4.02. The van der Waals surface area contributed by atoms with Crippen LogP contribution in [-0.4, -0.2) is 44.6 Å². The second-order valence-electron chi connectivity index (χ2n) is 6.16. The first kappa shape index (κ1) is 19.0. The van der Waals surface area contributed by atoms with Crippen molar-refractivity contribution in [3.63, 3.8) is 0 Å². The molecule has 4 heteroatoms. The van der Waals surface area contributed by atoms with Crippen molar-refractivity contribution >= 4 is 11.6 Å². The molecule has 2 aromatic carbocycles. The molecule has 4 nitrogen and oxygen atoms in total. The van der Waals surface area contributed by atoms with Crippen molar-refractivity contribution in [3.05, 3.63) is 60.2 Å². The van der Waals surface area contributed by atoms with Crippen LogP contribution in [0.1, 0.15) is 18.9 Å². The van der Waals surface area contributed by atoms with Crippen LogP contribution in [0.25, 0.3) is 0 Å². The molecule has 0 aliphatic rings. The Labute approximate surface area is 151 Å². The maximum absolute atomic E-state index is 12.6. The van der Waals surface area contributed by atoms with Crippen LogP contribution in [0.3, 0.4) is 0 Å². The maximum Gasteiger partial charge on any atom is 0.241 e. The molecule has 0 spiro atoms. The number of anilines is 1. The summed E-state index contributed by atoms with van der Waals surface area (Å²) in [5.41, 5.74) is 2.25. The highest BCUT2D eigenvalue weighted by Crippen LogP contribution is 2.14. The van der Waals surface area contributed by atoms with E-state index in [1.54, 1.807) is 7.11 Å². The summed E-state index contributed by atoms with van der Waals surface area (Å²) in [4.78, 5) is 16.5. The van der Waals surface area contributed by atoms with Gasteiger partial charge < -0.3 is 9.64 Å². The molecule has 2 aromatic rings. The molecule has 0 heterocycles. The van der Waals surface area contributed by atoms with Crippen LogP contribution in [0.5, 0.6) is 5.75 Å². The van der Waals surface area contributed by atoms with Crippen molar-refractivity contribution in [1.82, 2.24) is 4.90 Å². The van der Waals surface area contributed by atoms with Crippen molar-refractivity contribution in [2.24, 2.45) is 0 Å². The Kier molecular flexibility index (Phi) is 7.48. The zero-order valence-electron chi connectivity index (χ0n) is 15.4. The Bertz CT molecular complexity index is 641. The maximum atomic E-state index is 12.6.